The second-order valence-corrected chi connectivity index (χ2v) is 11.7. The summed E-state index contributed by atoms with van der Waals surface area (Å²) in [5.74, 6) is -0.248. The minimum absolute atomic E-state index is 0.0180. The monoisotopic (exact) mass is 598 g/mol. The number of hydrogen-bond donors (Lipinski definition) is 1. The number of methoxy groups -OCH3 is 1. The molecule has 13 heteroatoms. The lowest BCUT2D eigenvalue weighted by atomic mass is 9.92. The number of aliphatic hydroxyl groups excluding tert-OH is 1. The molecule has 224 valence electrons. The predicted octanol–water partition coefficient (Wildman–Crippen LogP) is 3.75. The van der Waals surface area contributed by atoms with Crippen molar-refractivity contribution in [2.75, 3.05) is 46.5 Å². The van der Waals surface area contributed by atoms with E-state index in [-0.39, 0.29) is 42.7 Å². The van der Waals surface area contributed by atoms with Gasteiger partial charge < -0.3 is 24.2 Å². The van der Waals surface area contributed by atoms with Gasteiger partial charge in [0.2, 0.25) is 16.3 Å². The zero-order valence-electron chi connectivity index (χ0n) is 22.5. The van der Waals surface area contributed by atoms with Gasteiger partial charge in [-0.15, -0.1) is 0 Å². The molecule has 2 atom stereocenters. The van der Waals surface area contributed by atoms with Gasteiger partial charge in [0, 0.05) is 38.5 Å². The number of aliphatic hydroxyl groups is 1. The van der Waals surface area contributed by atoms with Crippen LogP contribution in [0.2, 0.25) is 0 Å². The predicted molar refractivity (Wildman–Crippen MR) is 142 cm³/mol. The first kappa shape index (κ1) is 30.8. The van der Waals surface area contributed by atoms with E-state index >= 15 is 0 Å². The minimum atomic E-state index is -4.47. The number of halogens is 3. The van der Waals surface area contributed by atoms with Crippen LogP contribution in [0.4, 0.5) is 13.2 Å². The molecule has 4 rings (SSSR count). The average molecular weight is 599 g/mol. The number of likely N-dealkylation sites (tertiary alicyclic amines) is 1. The van der Waals surface area contributed by atoms with Crippen LogP contribution < -0.4 is 4.74 Å². The summed E-state index contributed by atoms with van der Waals surface area (Å²) in [4.78, 5) is 14.8. The van der Waals surface area contributed by atoms with Crippen molar-refractivity contribution in [1.82, 2.24) is 9.21 Å². The van der Waals surface area contributed by atoms with Crippen LogP contribution in [0.15, 0.2) is 65.3 Å². The standard InChI is InChI=1S/C28H33F3N2O7S/c1-38-23-8-10-24(11-9-23)41(36,37)33(14-16-34)15-17-39-26-19-21(20-4-6-22(7-5-20)28(29,30)31)18-25(40-26)27(35)32-12-2-3-13-32/h4-11,18,21,26,34H,2-3,12-17,19H2,1H3/t21-,26+/m0/s1. The second kappa shape index (κ2) is 13.2. The molecule has 2 aliphatic heterocycles. The van der Waals surface area contributed by atoms with Crippen LogP contribution in [0.1, 0.15) is 36.3 Å². The van der Waals surface area contributed by atoms with Crippen LogP contribution in [0, 0.1) is 0 Å². The first-order valence-electron chi connectivity index (χ1n) is 13.2. The van der Waals surface area contributed by atoms with Crippen LogP contribution in [-0.4, -0.2) is 81.4 Å². The van der Waals surface area contributed by atoms with Gasteiger partial charge in [-0.25, -0.2) is 8.42 Å². The molecule has 2 aromatic carbocycles. The highest BCUT2D eigenvalue weighted by molar-refractivity contribution is 7.89. The summed E-state index contributed by atoms with van der Waals surface area (Å²) in [7, 11) is -2.50. The van der Waals surface area contributed by atoms with Gasteiger partial charge in [0.1, 0.15) is 5.75 Å². The topological polar surface area (TPSA) is 106 Å². The molecular weight excluding hydrogens is 565 g/mol. The van der Waals surface area contributed by atoms with E-state index in [1.807, 2.05) is 0 Å². The molecule has 9 nitrogen and oxygen atoms in total. The summed E-state index contributed by atoms with van der Waals surface area (Å²) in [6, 6.07) is 10.6. The van der Waals surface area contributed by atoms with Gasteiger partial charge in [-0.05, 0) is 60.9 Å². The summed E-state index contributed by atoms with van der Waals surface area (Å²) >= 11 is 0. The number of nitrogens with zero attached hydrogens (tertiary/aromatic N) is 2. The third kappa shape index (κ3) is 7.59. The van der Waals surface area contributed by atoms with Gasteiger partial charge in [-0.1, -0.05) is 12.1 Å². The van der Waals surface area contributed by atoms with Crippen molar-refractivity contribution >= 4 is 15.9 Å². The Morgan fingerprint density at radius 3 is 2.32 bits per heavy atom. The lowest BCUT2D eigenvalue weighted by molar-refractivity contribution is -0.152. The van der Waals surface area contributed by atoms with Crippen LogP contribution in [0.5, 0.6) is 5.75 Å². The molecule has 2 heterocycles. The summed E-state index contributed by atoms with van der Waals surface area (Å²) in [5.41, 5.74) is -0.217. The van der Waals surface area contributed by atoms with E-state index in [1.165, 1.54) is 43.5 Å². The molecule has 1 saturated heterocycles. The number of sulfonamides is 1. The van der Waals surface area contributed by atoms with Gasteiger partial charge in [-0.3, -0.25) is 4.79 Å². The zero-order valence-corrected chi connectivity index (χ0v) is 23.4. The van der Waals surface area contributed by atoms with Crippen LogP contribution in [0.3, 0.4) is 0 Å². The average Bonchev–Trinajstić information content (AvgIpc) is 3.51. The highest BCUT2D eigenvalue weighted by Gasteiger charge is 2.34. The Balaban J connectivity index is 1.48. The van der Waals surface area contributed by atoms with E-state index in [1.54, 1.807) is 11.0 Å². The number of benzene rings is 2. The van der Waals surface area contributed by atoms with Gasteiger partial charge in [-0.2, -0.15) is 17.5 Å². The molecule has 0 aromatic heterocycles. The number of hydrogen-bond acceptors (Lipinski definition) is 7. The molecule has 0 unspecified atom stereocenters. The Bertz CT molecular complexity index is 1310. The normalized spacial score (nSPS) is 19.7. The molecule has 0 radical (unpaired) electrons. The number of rotatable bonds is 11. The maximum absolute atomic E-state index is 13.2. The molecule has 1 fully saturated rings. The number of carbonyl (C=O) groups excluding carboxylic acids is 1. The number of allylic oxidation sites excluding steroid dienone is 1. The lowest BCUT2D eigenvalue weighted by Crippen LogP contribution is -2.38. The van der Waals surface area contributed by atoms with Crippen molar-refractivity contribution in [2.45, 2.75) is 42.5 Å². The van der Waals surface area contributed by atoms with Crippen molar-refractivity contribution in [2.24, 2.45) is 0 Å². The highest BCUT2D eigenvalue weighted by Crippen LogP contribution is 2.35. The molecule has 2 aliphatic rings. The van der Waals surface area contributed by atoms with E-state index in [9.17, 15) is 31.5 Å². The Morgan fingerprint density at radius 2 is 1.73 bits per heavy atom. The van der Waals surface area contributed by atoms with E-state index < -0.39 is 40.6 Å². The van der Waals surface area contributed by atoms with E-state index in [2.05, 4.69) is 0 Å². The van der Waals surface area contributed by atoms with Gasteiger partial charge in [0.25, 0.3) is 5.91 Å². The van der Waals surface area contributed by atoms with Crippen molar-refractivity contribution in [1.29, 1.82) is 0 Å². The Kier molecular flexibility index (Phi) is 9.95. The largest absolute Gasteiger partial charge is 0.497 e. The molecular formula is C28H33F3N2O7S. The van der Waals surface area contributed by atoms with Gasteiger partial charge in [0.15, 0.2) is 5.76 Å². The number of carbonyl (C=O) groups is 1. The Morgan fingerprint density at radius 1 is 1.07 bits per heavy atom. The summed E-state index contributed by atoms with van der Waals surface area (Å²) in [6.45, 7) is 0.340. The van der Waals surface area contributed by atoms with Crippen LogP contribution in [0.25, 0.3) is 0 Å². The number of amides is 1. The number of alkyl halides is 3. The number of ether oxygens (including phenoxy) is 3. The van der Waals surface area contributed by atoms with Crippen molar-refractivity contribution in [3.63, 3.8) is 0 Å². The fourth-order valence-electron chi connectivity index (χ4n) is 4.78. The third-order valence-corrected chi connectivity index (χ3v) is 8.93. The van der Waals surface area contributed by atoms with E-state index in [0.717, 1.165) is 29.3 Å². The molecule has 1 N–H and O–H groups in total. The Labute approximate surface area is 237 Å². The van der Waals surface area contributed by atoms with E-state index in [4.69, 9.17) is 14.2 Å². The van der Waals surface area contributed by atoms with E-state index in [0.29, 0.717) is 24.4 Å². The smallest absolute Gasteiger partial charge is 0.416 e. The zero-order chi connectivity index (χ0) is 29.6. The van der Waals surface area contributed by atoms with Crippen molar-refractivity contribution < 1.29 is 45.7 Å². The Hall–Kier alpha value is -3.13. The van der Waals surface area contributed by atoms with Crippen LogP contribution >= 0.6 is 0 Å². The highest BCUT2D eigenvalue weighted by atomic mass is 32.2. The molecule has 0 saturated carbocycles. The van der Waals surface area contributed by atoms with Crippen molar-refractivity contribution in [3.05, 3.63) is 71.5 Å². The van der Waals surface area contributed by atoms with Crippen LogP contribution in [-0.2, 0) is 30.5 Å². The first-order valence-corrected chi connectivity index (χ1v) is 14.7. The molecule has 0 spiro atoms. The molecule has 1 amide bonds. The minimum Gasteiger partial charge on any atom is -0.497 e. The second-order valence-electron chi connectivity index (χ2n) is 9.71. The molecule has 0 bridgehead atoms. The van der Waals surface area contributed by atoms with Gasteiger partial charge in [0.05, 0.1) is 30.8 Å². The third-order valence-electron chi connectivity index (χ3n) is 7.02. The maximum Gasteiger partial charge on any atom is 0.416 e. The fourth-order valence-corrected chi connectivity index (χ4v) is 6.20. The fraction of sp³-hybridized carbons (Fsp3) is 0.464. The molecule has 0 aliphatic carbocycles. The molecule has 2 aromatic rings. The summed E-state index contributed by atoms with van der Waals surface area (Å²) < 4.78 is 83.5. The maximum atomic E-state index is 13.2. The van der Waals surface area contributed by atoms with Crippen molar-refractivity contribution in [3.8, 4) is 5.75 Å². The van der Waals surface area contributed by atoms with Gasteiger partial charge >= 0.3 is 6.18 Å². The summed E-state index contributed by atoms with van der Waals surface area (Å²) in [6.07, 6.45) is -1.88. The summed E-state index contributed by atoms with van der Waals surface area (Å²) in [5, 5.41) is 9.50. The SMILES string of the molecule is COc1ccc(S(=O)(=O)N(CCO)CCO[C@H]2C[C@@H](c3ccc(C(F)(F)F)cc3)C=C(C(=O)N3CCCC3)O2)cc1. The first-order chi connectivity index (χ1) is 19.5. The lowest BCUT2D eigenvalue weighted by Gasteiger charge is -2.31. The quantitative estimate of drug-likeness (QED) is 0.420. The molecule has 41 heavy (non-hydrogen) atoms.